The molecule has 2 aromatic rings. The van der Waals surface area contributed by atoms with Crippen molar-refractivity contribution in [1.29, 1.82) is 0 Å². The largest absolute Gasteiger partial charge is 0.438 e. The highest BCUT2D eigenvalue weighted by atomic mass is 79.9. The van der Waals surface area contributed by atoms with E-state index in [9.17, 15) is 4.79 Å². The SMILES string of the molecule is Cc1cc(Br)ccc1Oc1nccc(C)c1C(N)=O. The second-order valence-electron chi connectivity index (χ2n) is 4.18. The average Bonchev–Trinajstić information content (AvgIpc) is 2.32. The molecule has 0 atom stereocenters. The summed E-state index contributed by atoms with van der Waals surface area (Å²) < 4.78 is 6.67. The molecule has 1 heterocycles. The van der Waals surface area contributed by atoms with E-state index in [2.05, 4.69) is 20.9 Å². The van der Waals surface area contributed by atoms with Crippen molar-refractivity contribution in [3.8, 4) is 11.6 Å². The zero-order valence-electron chi connectivity index (χ0n) is 10.6. The number of pyridine rings is 1. The maximum atomic E-state index is 11.5. The lowest BCUT2D eigenvalue weighted by molar-refractivity contribution is 0.0997. The van der Waals surface area contributed by atoms with E-state index < -0.39 is 5.91 Å². The molecule has 0 aliphatic carbocycles. The molecule has 0 spiro atoms. The van der Waals surface area contributed by atoms with Gasteiger partial charge in [-0.2, -0.15) is 0 Å². The number of rotatable bonds is 3. The average molecular weight is 321 g/mol. The number of aryl methyl sites for hydroxylation is 2. The van der Waals surface area contributed by atoms with Gasteiger partial charge in [0.25, 0.3) is 5.91 Å². The molecule has 0 aliphatic rings. The lowest BCUT2D eigenvalue weighted by atomic mass is 10.1. The molecule has 2 N–H and O–H groups in total. The van der Waals surface area contributed by atoms with E-state index in [1.807, 2.05) is 25.1 Å². The lowest BCUT2D eigenvalue weighted by Crippen LogP contribution is -2.14. The summed E-state index contributed by atoms with van der Waals surface area (Å²) in [5, 5.41) is 0. The molecule has 19 heavy (non-hydrogen) atoms. The molecular weight excluding hydrogens is 308 g/mol. The second kappa shape index (κ2) is 5.40. The molecule has 4 nitrogen and oxygen atoms in total. The minimum absolute atomic E-state index is 0.234. The first kappa shape index (κ1) is 13.5. The fraction of sp³-hybridized carbons (Fsp3) is 0.143. The van der Waals surface area contributed by atoms with Crippen LogP contribution in [0.3, 0.4) is 0 Å². The quantitative estimate of drug-likeness (QED) is 0.943. The predicted octanol–water partition coefficient (Wildman–Crippen LogP) is 3.35. The van der Waals surface area contributed by atoms with Gasteiger partial charge in [-0.1, -0.05) is 15.9 Å². The van der Waals surface area contributed by atoms with E-state index in [0.717, 1.165) is 15.6 Å². The van der Waals surface area contributed by atoms with Crippen LogP contribution in [0.15, 0.2) is 34.9 Å². The van der Waals surface area contributed by atoms with Crippen LogP contribution >= 0.6 is 15.9 Å². The summed E-state index contributed by atoms with van der Waals surface area (Å²) in [7, 11) is 0. The third kappa shape index (κ3) is 2.93. The number of primary amides is 1. The Morgan fingerprint density at radius 3 is 2.63 bits per heavy atom. The standard InChI is InChI=1S/C14H13BrN2O2/c1-8-5-6-17-14(12(8)13(16)18)19-11-4-3-10(15)7-9(11)2/h3-7H,1-2H3,(H2,16,18). The van der Waals surface area contributed by atoms with Gasteiger partial charge in [-0.25, -0.2) is 4.98 Å². The highest BCUT2D eigenvalue weighted by Crippen LogP contribution is 2.29. The third-order valence-electron chi connectivity index (χ3n) is 2.71. The van der Waals surface area contributed by atoms with Crippen LogP contribution in [0.1, 0.15) is 21.5 Å². The first-order valence-electron chi connectivity index (χ1n) is 5.68. The summed E-state index contributed by atoms with van der Waals surface area (Å²) in [6.45, 7) is 3.71. The van der Waals surface area contributed by atoms with E-state index in [1.54, 1.807) is 19.2 Å². The van der Waals surface area contributed by atoms with E-state index in [0.29, 0.717) is 11.3 Å². The number of hydrogen-bond acceptors (Lipinski definition) is 3. The normalized spacial score (nSPS) is 10.3. The van der Waals surface area contributed by atoms with Crippen molar-refractivity contribution < 1.29 is 9.53 Å². The van der Waals surface area contributed by atoms with Crippen molar-refractivity contribution in [2.45, 2.75) is 13.8 Å². The topological polar surface area (TPSA) is 65.2 Å². The lowest BCUT2D eigenvalue weighted by Gasteiger charge is -2.11. The van der Waals surface area contributed by atoms with Crippen LogP contribution in [0.2, 0.25) is 0 Å². The van der Waals surface area contributed by atoms with Crippen molar-refractivity contribution >= 4 is 21.8 Å². The number of nitrogens with zero attached hydrogens (tertiary/aromatic N) is 1. The number of hydrogen-bond donors (Lipinski definition) is 1. The summed E-state index contributed by atoms with van der Waals surface area (Å²) in [4.78, 5) is 15.6. The molecule has 0 fully saturated rings. The number of nitrogens with two attached hydrogens (primary N) is 1. The van der Waals surface area contributed by atoms with Crippen molar-refractivity contribution in [1.82, 2.24) is 4.98 Å². The van der Waals surface area contributed by atoms with E-state index in [1.165, 1.54) is 0 Å². The van der Waals surface area contributed by atoms with Gasteiger partial charge >= 0.3 is 0 Å². The Balaban J connectivity index is 2.44. The number of halogens is 1. The second-order valence-corrected chi connectivity index (χ2v) is 5.10. The number of amides is 1. The minimum atomic E-state index is -0.546. The summed E-state index contributed by atoms with van der Waals surface area (Å²) in [6, 6.07) is 7.33. The maximum Gasteiger partial charge on any atom is 0.254 e. The first-order chi connectivity index (χ1) is 8.99. The smallest absolute Gasteiger partial charge is 0.254 e. The number of benzene rings is 1. The molecule has 1 amide bonds. The van der Waals surface area contributed by atoms with Gasteiger partial charge in [0.05, 0.1) is 0 Å². The fourth-order valence-electron chi connectivity index (χ4n) is 1.74. The van der Waals surface area contributed by atoms with Crippen LogP contribution in [-0.2, 0) is 0 Å². The van der Waals surface area contributed by atoms with E-state index in [-0.39, 0.29) is 5.88 Å². The molecule has 2 rings (SSSR count). The molecule has 0 radical (unpaired) electrons. The molecule has 0 saturated carbocycles. The Hall–Kier alpha value is -1.88. The highest BCUT2D eigenvalue weighted by Gasteiger charge is 2.15. The van der Waals surface area contributed by atoms with Crippen LogP contribution in [0.5, 0.6) is 11.6 Å². The zero-order valence-corrected chi connectivity index (χ0v) is 12.2. The number of carbonyl (C=O) groups is 1. The van der Waals surface area contributed by atoms with Crippen LogP contribution in [0.4, 0.5) is 0 Å². The Labute approximate surface area is 119 Å². The van der Waals surface area contributed by atoms with Crippen LogP contribution in [0, 0.1) is 13.8 Å². The van der Waals surface area contributed by atoms with Crippen molar-refractivity contribution in [2.75, 3.05) is 0 Å². The van der Waals surface area contributed by atoms with Crippen molar-refractivity contribution in [3.63, 3.8) is 0 Å². The Kier molecular flexibility index (Phi) is 3.85. The van der Waals surface area contributed by atoms with Crippen LogP contribution in [0.25, 0.3) is 0 Å². The molecule has 0 saturated heterocycles. The predicted molar refractivity (Wildman–Crippen MR) is 76.4 cm³/mol. The van der Waals surface area contributed by atoms with Gasteiger partial charge in [-0.05, 0) is 49.2 Å². The molecular formula is C14H13BrN2O2. The molecule has 0 aliphatic heterocycles. The van der Waals surface area contributed by atoms with E-state index in [4.69, 9.17) is 10.5 Å². The van der Waals surface area contributed by atoms with Crippen LogP contribution in [-0.4, -0.2) is 10.9 Å². The summed E-state index contributed by atoms with van der Waals surface area (Å²) in [5.74, 6) is 0.331. The fourth-order valence-corrected chi connectivity index (χ4v) is 2.22. The van der Waals surface area contributed by atoms with Gasteiger partial charge < -0.3 is 10.5 Å². The summed E-state index contributed by atoms with van der Waals surface area (Å²) in [6.07, 6.45) is 1.59. The summed E-state index contributed by atoms with van der Waals surface area (Å²) >= 11 is 3.39. The number of ether oxygens (including phenoxy) is 1. The molecule has 0 bridgehead atoms. The van der Waals surface area contributed by atoms with Gasteiger partial charge in [0.15, 0.2) is 0 Å². The zero-order chi connectivity index (χ0) is 14.0. The molecule has 1 aromatic carbocycles. The Bertz CT molecular complexity index is 641. The van der Waals surface area contributed by atoms with Gasteiger partial charge in [0.1, 0.15) is 11.3 Å². The highest BCUT2D eigenvalue weighted by molar-refractivity contribution is 9.10. The Morgan fingerprint density at radius 1 is 1.26 bits per heavy atom. The van der Waals surface area contributed by atoms with Gasteiger partial charge in [0, 0.05) is 10.7 Å². The first-order valence-corrected chi connectivity index (χ1v) is 6.47. The van der Waals surface area contributed by atoms with Crippen molar-refractivity contribution in [2.24, 2.45) is 5.73 Å². The van der Waals surface area contributed by atoms with Crippen molar-refractivity contribution in [3.05, 3.63) is 51.6 Å². The number of aromatic nitrogens is 1. The van der Waals surface area contributed by atoms with Gasteiger partial charge in [-0.15, -0.1) is 0 Å². The maximum absolute atomic E-state index is 11.5. The van der Waals surface area contributed by atoms with E-state index >= 15 is 0 Å². The molecule has 98 valence electrons. The Morgan fingerprint density at radius 2 is 2.00 bits per heavy atom. The number of carbonyl (C=O) groups excluding carboxylic acids is 1. The minimum Gasteiger partial charge on any atom is -0.438 e. The monoisotopic (exact) mass is 320 g/mol. The summed E-state index contributed by atoms with van der Waals surface area (Å²) in [5.41, 5.74) is 7.36. The van der Waals surface area contributed by atoms with Gasteiger partial charge in [0.2, 0.25) is 5.88 Å². The molecule has 1 aromatic heterocycles. The molecule has 0 unspecified atom stereocenters. The van der Waals surface area contributed by atoms with Gasteiger partial charge in [-0.3, -0.25) is 4.79 Å². The third-order valence-corrected chi connectivity index (χ3v) is 3.21. The van der Waals surface area contributed by atoms with Crippen LogP contribution < -0.4 is 10.5 Å². The molecule has 5 heteroatoms.